The Morgan fingerprint density at radius 3 is 1.32 bits per heavy atom. The molecule has 0 fully saturated rings. The van der Waals surface area contributed by atoms with Crippen LogP contribution in [0.15, 0.2) is 103 Å². The lowest BCUT2D eigenvalue weighted by Crippen LogP contribution is -2.32. The number of hydrogen-bond donors (Lipinski definition) is 1. The molecule has 3 heteroatoms. The molecular weight excluding hydrogens is 328 g/mol. The fourth-order valence-corrected chi connectivity index (χ4v) is 3.44. The second kappa shape index (κ2) is 7.37. The van der Waals surface area contributed by atoms with Crippen molar-refractivity contribution in [1.82, 2.24) is 9.97 Å². The standard InChI is InChI=1S/C22H18N2.ClH/c1-4-10-18(11-5-1)22(21-23-16-17-24-21,19-12-6-2-7-13-19)20-14-8-3-9-15-20;/h1-17H,(H,23,24);1H. The number of halogens is 1. The lowest BCUT2D eigenvalue weighted by molar-refractivity contribution is 0.692. The number of aromatic amines is 1. The third kappa shape index (κ3) is 2.86. The van der Waals surface area contributed by atoms with Crippen molar-refractivity contribution in [3.63, 3.8) is 0 Å². The summed E-state index contributed by atoms with van der Waals surface area (Å²) in [5.74, 6) is 0.922. The Balaban J connectivity index is 0.00000182. The van der Waals surface area contributed by atoms with Gasteiger partial charge >= 0.3 is 0 Å². The fourth-order valence-electron chi connectivity index (χ4n) is 3.44. The van der Waals surface area contributed by atoms with Gasteiger partial charge in [-0.3, -0.25) is 0 Å². The van der Waals surface area contributed by atoms with Crippen molar-refractivity contribution in [2.24, 2.45) is 0 Å². The summed E-state index contributed by atoms with van der Waals surface area (Å²) >= 11 is 0. The molecule has 2 nitrogen and oxygen atoms in total. The number of hydrogen-bond acceptors (Lipinski definition) is 1. The molecule has 4 rings (SSSR count). The Morgan fingerprint density at radius 2 is 1.00 bits per heavy atom. The van der Waals surface area contributed by atoms with Crippen LogP contribution in [0.3, 0.4) is 0 Å². The molecule has 1 aromatic heterocycles. The van der Waals surface area contributed by atoms with Crippen molar-refractivity contribution in [3.8, 4) is 0 Å². The third-order valence-corrected chi connectivity index (χ3v) is 4.47. The van der Waals surface area contributed by atoms with E-state index < -0.39 is 5.41 Å². The molecule has 0 aliphatic rings. The quantitative estimate of drug-likeness (QED) is 0.504. The molecule has 0 amide bonds. The maximum Gasteiger partial charge on any atom is 0.125 e. The van der Waals surface area contributed by atoms with Crippen molar-refractivity contribution in [2.75, 3.05) is 0 Å². The summed E-state index contributed by atoms with van der Waals surface area (Å²) < 4.78 is 0. The third-order valence-electron chi connectivity index (χ3n) is 4.47. The average Bonchev–Trinajstić information content (AvgIpc) is 3.20. The molecular formula is C22H19ClN2. The summed E-state index contributed by atoms with van der Waals surface area (Å²) in [6.45, 7) is 0. The number of rotatable bonds is 4. The van der Waals surface area contributed by atoms with E-state index in [1.165, 1.54) is 16.7 Å². The van der Waals surface area contributed by atoms with Crippen molar-refractivity contribution >= 4 is 12.4 Å². The topological polar surface area (TPSA) is 28.7 Å². The number of nitrogens with zero attached hydrogens (tertiary/aromatic N) is 1. The first-order valence-corrected chi connectivity index (χ1v) is 8.09. The molecule has 4 aromatic rings. The first kappa shape index (κ1) is 17.0. The zero-order chi connectivity index (χ0) is 16.2. The lowest BCUT2D eigenvalue weighted by atomic mass is 9.69. The van der Waals surface area contributed by atoms with E-state index in [0.29, 0.717) is 0 Å². The molecule has 0 saturated heterocycles. The number of nitrogens with one attached hydrogen (secondary N) is 1. The van der Waals surface area contributed by atoms with Gasteiger partial charge in [0.25, 0.3) is 0 Å². The van der Waals surface area contributed by atoms with E-state index in [1.807, 2.05) is 30.6 Å². The van der Waals surface area contributed by atoms with Gasteiger partial charge in [0.05, 0.1) is 0 Å². The van der Waals surface area contributed by atoms with E-state index in [2.05, 4.69) is 82.8 Å². The van der Waals surface area contributed by atoms with E-state index in [1.54, 1.807) is 0 Å². The van der Waals surface area contributed by atoms with Crippen LogP contribution in [-0.2, 0) is 5.41 Å². The Morgan fingerprint density at radius 1 is 0.600 bits per heavy atom. The van der Waals surface area contributed by atoms with Gasteiger partial charge in [0.15, 0.2) is 0 Å². The zero-order valence-electron chi connectivity index (χ0n) is 13.7. The van der Waals surface area contributed by atoms with Crippen LogP contribution in [0.4, 0.5) is 0 Å². The smallest absolute Gasteiger partial charge is 0.125 e. The van der Waals surface area contributed by atoms with Gasteiger partial charge in [-0.1, -0.05) is 91.0 Å². The van der Waals surface area contributed by atoms with Gasteiger partial charge in [-0.05, 0) is 16.7 Å². The molecule has 0 saturated carbocycles. The molecule has 0 unspecified atom stereocenters. The van der Waals surface area contributed by atoms with E-state index in [4.69, 9.17) is 0 Å². The summed E-state index contributed by atoms with van der Waals surface area (Å²) in [4.78, 5) is 8.02. The van der Waals surface area contributed by atoms with Crippen LogP contribution in [0.5, 0.6) is 0 Å². The molecule has 1 N–H and O–H groups in total. The highest BCUT2D eigenvalue weighted by Gasteiger charge is 2.40. The van der Waals surface area contributed by atoms with E-state index in [9.17, 15) is 0 Å². The van der Waals surface area contributed by atoms with Crippen LogP contribution >= 0.6 is 12.4 Å². The predicted octanol–water partition coefficient (Wildman–Crippen LogP) is 5.21. The van der Waals surface area contributed by atoms with Gasteiger partial charge in [-0.2, -0.15) is 0 Å². The van der Waals surface area contributed by atoms with Crippen molar-refractivity contribution < 1.29 is 0 Å². The molecule has 124 valence electrons. The molecule has 0 radical (unpaired) electrons. The Hall–Kier alpha value is -2.84. The second-order valence-electron chi connectivity index (χ2n) is 5.79. The maximum absolute atomic E-state index is 4.66. The van der Waals surface area contributed by atoms with Gasteiger partial charge in [0.2, 0.25) is 0 Å². The Kier molecular flexibility index (Phi) is 5.01. The minimum Gasteiger partial charge on any atom is -0.347 e. The van der Waals surface area contributed by atoms with E-state index in [-0.39, 0.29) is 12.4 Å². The lowest BCUT2D eigenvalue weighted by Gasteiger charge is -2.34. The van der Waals surface area contributed by atoms with Crippen LogP contribution in [-0.4, -0.2) is 9.97 Å². The van der Waals surface area contributed by atoms with Gasteiger partial charge in [0, 0.05) is 12.4 Å². The molecule has 25 heavy (non-hydrogen) atoms. The SMILES string of the molecule is Cl.c1ccc(C(c2ccccc2)(c2ccccc2)c2ncc[nH]2)cc1. The zero-order valence-corrected chi connectivity index (χ0v) is 14.5. The summed E-state index contributed by atoms with van der Waals surface area (Å²) in [6, 6.07) is 31.7. The van der Waals surface area contributed by atoms with Crippen molar-refractivity contribution in [2.45, 2.75) is 5.41 Å². The number of aromatic nitrogens is 2. The van der Waals surface area contributed by atoms with Gasteiger partial charge in [-0.15, -0.1) is 12.4 Å². The molecule has 0 spiro atoms. The maximum atomic E-state index is 4.66. The van der Waals surface area contributed by atoms with Crippen LogP contribution < -0.4 is 0 Å². The molecule has 3 aromatic carbocycles. The highest BCUT2D eigenvalue weighted by atomic mass is 35.5. The van der Waals surface area contributed by atoms with Crippen LogP contribution in [0.25, 0.3) is 0 Å². The van der Waals surface area contributed by atoms with Crippen molar-refractivity contribution in [1.29, 1.82) is 0 Å². The van der Waals surface area contributed by atoms with Gasteiger partial charge < -0.3 is 4.98 Å². The van der Waals surface area contributed by atoms with Crippen LogP contribution in [0.1, 0.15) is 22.5 Å². The minimum atomic E-state index is -0.465. The summed E-state index contributed by atoms with van der Waals surface area (Å²) in [6.07, 6.45) is 3.71. The monoisotopic (exact) mass is 346 g/mol. The molecule has 0 atom stereocenters. The van der Waals surface area contributed by atoms with Crippen molar-refractivity contribution in [3.05, 3.63) is 126 Å². The fraction of sp³-hybridized carbons (Fsp3) is 0.0455. The number of imidazole rings is 1. The van der Waals surface area contributed by atoms with Gasteiger partial charge in [0.1, 0.15) is 11.2 Å². The summed E-state index contributed by atoms with van der Waals surface area (Å²) in [7, 11) is 0. The first-order valence-electron chi connectivity index (χ1n) is 8.09. The predicted molar refractivity (Wildman–Crippen MR) is 104 cm³/mol. The number of benzene rings is 3. The Bertz CT molecular complexity index is 792. The normalized spacial score (nSPS) is 10.9. The highest BCUT2D eigenvalue weighted by molar-refractivity contribution is 5.85. The highest BCUT2D eigenvalue weighted by Crippen LogP contribution is 2.43. The second-order valence-corrected chi connectivity index (χ2v) is 5.79. The number of H-pyrrole nitrogens is 1. The molecule has 0 bridgehead atoms. The van der Waals surface area contributed by atoms with Gasteiger partial charge in [-0.25, -0.2) is 4.98 Å². The average molecular weight is 347 g/mol. The Labute approximate surface area is 154 Å². The molecule has 0 aliphatic carbocycles. The van der Waals surface area contributed by atoms with E-state index in [0.717, 1.165) is 5.82 Å². The minimum absolute atomic E-state index is 0. The van der Waals surface area contributed by atoms with Crippen LogP contribution in [0.2, 0.25) is 0 Å². The summed E-state index contributed by atoms with van der Waals surface area (Å²) in [5.41, 5.74) is 3.11. The summed E-state index contributed by atoms with van der Waals surface area (Å²) in [5, 5.41) is 0. The van der Waals surface area contributed by atoms with E-state index >= 15 is 0 Å². The molecule has 1 heterocycles. The molecule has 0 aliphatic heterocycles. The first-order chi connectivity index (χ1) is 11.9. The largest absolute Gasteiger partial charge is 0.347 e. The van der Waals surface area contributed by atoms with Crippen LogP contribution in [0, 0.1) is 0 Å².